The van der Waals surface area contributed by atoms with Crippen molar-refractivity contribution in [3.05, 3.63) is 12.2 Å². The minimum absolute atomic E-state index is 0.150. The number of rotatable bonds is 15. The fraction of sp³-hybridized carbons (Fsp3) is 0.800. The Bertz CT molecular complexity index is 399. The number of carbonyl (C=O) groups excluding carboxylic acids is 1. The maximum Gasteiger partial charge on any atom is 0.349 e. The van der Waals surface area contributed by atoms with Crippen LogP contribution in [0.5, 0.6) is 0 Å². The van der Waals surface area contributed by atoms with Gasteiger partial charge in [-0.1, -0.05) is 66.2 Å². The highest BCUT2D eigenvalue weighted by Crippen LogP contribution is 2.34. The van der Waals surface area contributed by atoms with Crippen LogP contribution in [-0.4, -0.2) is 34.2 Å². The summed E-state index contributed by atoms with van der Waals surface area (Å²) in [4.78, 5) is 28.4. The van der Waals surface area contributed by atoms with Crippen molar-refractivity contribution in [1.29, 1.82) is 0 Å². The molecule has 0 unspecified atom stereocenters. The van der Waals surface area contributed by atoms with Gasteiger partial charge in [-0.2, -0.15) is 0 Å². The summed E-state index contributed by atoms with van der Waals surface area (Å²) >= 11 is 0. The van der Waals surface area contributed by atoms with Crippen molar-refractivity contribution in [3.63, 3.8) is 0 Å². The van der Waals surface area contributed by atoms with Crippen molar-refractivity contribution in [1.82, 2.24) is 5.06 Å². The fourth-order valence-corrected chi connectivity index (χ4v) is 3.19. The van der Waals surface area contributed by atoms with Crippen molar-refractivity contribution >= 4 is 11.9 Å². The van der Waals surface area contributed by atoms with Crippen molar-refractivity contribution in [2.24, 2.45) is 0 Å². The number of hydroxylamine groups is 2. The molecule has 5 nitrogen and oxygen atoms in total. The first-order valence-electron chi connectivity index (χ1n) is 9.86. The van der Waals surface area contributed by atoms with E-state index in [0.717, 1.165) is 76.4 Å². The molecule has 0 aromatic carbocycles. The van der Waals surface area contributed by atoms with E-state index in [0.29, 0.717) is 6.54 Å². The minimum Gasteiger partial charge on any atom is -0.478 e. The van der Waals surface area contributed by atoms with Gasteiger partial charge in [-0.15, -0.1) is 5.06 Å². The van der Waals surface area contributed by atoms with Gasteiger partial charge in [-0.3, -0.25) is 0 Å². The lowest BCUT2D eigenvalue weighted by atomic mass is 9.82. The second-order valence-electron chi connectivity index (χ2n) is 6.72. The summed E-state index contributed by atoms with van der Waals surface area (Å²) in [5, 5.41) is 10.6. The van der Waals surface area contributed by atoms with Gasteiger partial charge >= 0.3 is 11.9 Å². The highest BCUT2D eigenvalue weighted by Gasteiger charge is 2.37. The van der Waals surface area contributed by atoms with Gasteiger partial charge in [0.2, 0.25) is 0 Å². The highest BCUT2D eigenvalue weighted by atomic mass is 16.7. The van der Waals surface area contributed by atoms with Crippen LogP contribution >= 0.6 is 0 Å². The Morgan fingerprint density at radius 2 is 1.44 bits per heavy atom. The molecule has 0 saturated carbocycles. The Balaban J connectivity index is 5.45. The third kappa shape index (κ3) is 9.63. The summed E-state index contributed by atoms with van der Waals surface area (Å²) in [7, 11) is 0. The van der Waals surface area contributed by atoms with E-state index in [1.165, 1.54) is 0 Å². The van der Waals surface area contributed by atoms with Gasteiger partial charge in [-0.25, -0.2) is 9.59 Å². The van der Waals surface area contributed by atoms with Crippen molar-refractivity contribution < 1.29 is 19.5 Å². The summed E-state index contributed by atoms with van der Waals surface area (Å²) in [6.07, 6.45) is 12.2. The summed E-state index contributed by atoms with van der Waals surface area (Å²) in [5.74, 6) is -1.75. The van der Waals surface area contributed by atoms with Crippen LogP contribution in [0, 0.1) is 0 Å². The number of carboxylic acids is 1. The van der Waals surface area contributed by atoms with Gasteiger partial charge in [0.1, 0.15) is 0 Å². The number of carbonyl (C=O) groups is 2. The third-order valence-corrected chi connectivity index (χ3v) is 4.51. The Morgan fingerprint density at radius 1 is 0.880 bits per heavy atom. The van der Waals surface area contributed by atoms with E-state index < -0.39 is 11.9 Å². The second kappa shape index (κ2) is 13.9. The molecule has 25 heavy (non-hydrogen) atoms. The molecular formula is C20H37NO4. The molecule has 1 N–H and O–H groups in total. The van der Waals surface area contributed by atoms with Crippen LogP contribution in [0.3, 0.4) is 0 Å². The Morgan fingerprint density at radius 3 is 1.88 bits per heavy atom. The van der Waals surface area contributed by atoms with Gasteiger partial charge in [0.05, 0.1) is 5.54 Å². The van der Waals surface area contributed by atoms with Crippen molar-refractivity contribution in [3.8, 4) is 0 Å². The van der Waals surface area contributed by atoms with Gasteiger partial charge in [-0.05, 0) is 25.7 Å². The zero-order chi connectivity index (χ0) is 19.1. The summed E-state index contributed by atoms with van der Waals surface area (Å²) < 4.78 is 0. The number of unbranched alkanes of at least 4 members (excludes halogenated alkanes) is 3. The number of hydrogen-bond acceptors (Lipinski definition) is 4. The maximum absolute atomic E-state index is 12.1. The van der Waals surface area contributed by atoms with Crippen molar-refractivity contribution in [2.75, 3.05) is 6.54 Å². The zero-order valence-electron chi connectivity index (χ0n) is 16.6. The van der Waals surface area contributed by atoms with E-state index in [9.17, 15) is 9.59 Å². The van der Waals surface area contributed by atoms with Crippen LogP contribution in [0.2, 0.25) is 0 Å². The monoisotopic (exact) mass is 355 g/mol. The van der Waals surface area contributed by atoms with Crippen LogP contribution in [0.15, 0.2) is 12.2 Å². The van der Waals surface area contributed by atoms with E-state index in [4.69, 9.17) is 9.94 Å². The lowest BCUT2D eigenvalue weighted by Gasteiger charge is -2.42. The van der Waals surface area contributed by atoms with Crippen LogP contribution in [0.25, 0.3) is 0 Å². The summed E-state index contributed by atoms with van der Waals surface area (Å²) in [6, 6.07) is 0. The average Bonchev–Trinajstić information content (AvgIpc) is 2.59. The Kier molecular flexibility index (Phi) is 13.1. The molecule has 0 aliphatic carbocycles. The third-order valence-electron chi connectivity index (χ3n) is 4.51. The summed E-state index contributed by atoms with van der Waals surface area (Å²) in [5.41, 5.74) is -0.150. The maximum atomic E-state index is 12.1. The predicted octanol–water partition coefficient (Wildman–Crippen LogP) is 5.11. The fourth-order valence-electron chi connectivity index (χ4n) is 3.19. The van der Waals surface area contributed by atoms with Crippen molar-refractivity contribution in [2.45, 2.75) is 97.4 Å². The van der Waals surface area contributed by atoms with Crippen LogP contribution in [0.4, 0.5) is 0 Å². The van der Waals surface area contributed by atoms with Gasteiger partial charge in [0.25, 0.3) is 0 Å². The molecule has 0 radical (unpaired) electrons. The molecule has 0 aliphatic rings. The quantitative estimate of drug-likeness (QED) is 0.327. The van der Waals surface area contributed by atoms with Gasteiger partial charge in [0, 0.05) is 18.7 Å². The lowest BCUT2D eigenvalue weighted by Crippen LogP contribution is -2.50. The van der Waals surface area contributed by atoms with E-state index in [-0.39, 0.29) is 5.54 Å². The van der Waals surface area contributed by atoms with E-state index >= 15 is 0 Å². The molecule has 0 fully saturated rings. The molecule has 0 amide bonds. The standard InChI is InChI=1S/C20H37NO4/c1-5-9-15-20(14-8-4,16-10-6-2)21(17-11-7-3)25-19(24)13-12-18(22)23/h12-13H,5-11,14-17H2,1-4H3,(H,22,23)/b13-12+. The molecule has 0 aromatic heterocycles. The predicted molar refractivity (Wildman–Crippen MR) is 101 cm³/mol. The smallest absolute Gasteiger partial charge is 0.349 e. The van der Waals surface area contributed by atoms with Crippen LogP contribution in [-0.2, 0) is 14.4 Å². The Hall–Kier alpha value is -1.36. The Labute approximate surface area is 153 Å². The zero-order valence-corrected chi connectivity index (χ0v) is 16.6. The molecule has 0 aliphatic heterocycles. The molecule has 0 bridgehead atoms. The van der Waals surface area contributed by atoms with E-state index in [2.05, 4.69) is 27.7 Å². The number of aliphatic carboxylic acids is 1. The minimum atomic E-state index is -1.14. The highest BCUT2D eigenvalue weighted by molar-refractivity contribution is 5.90. The molecule has 0 rings (SSSR count). The molecule has 146 valence electrons. The van der Waals surface area contributed by atoms with E-state index in [1.807, 2.05) is 5.06 Å². The molecule has 5 heteroatoms. The average molecular weight is 356 g/mol. The normalized spacial score (nSPS) is 12.0. The molecule has 0 heterocycles. The summed E-state index contributed by atoms with van der Waals surface area (Å²) in [6.45, 7) is 9.32. The number of nitrogens with zero attached hydrogens (tertiary/aromatic N) is 1. The first-order valence-corrected chi connectivity index (χ1v) is 9.86. The van der Waals surface area contributed by atoms with Crippen LogP contribution in [0.1, 0.15) is 91.9 Å². The van der Waals surface area contributed by atoms with Gasteiger partial charge in [0.15, 0.2) is 0 Å². The van der Waals surface area contributed by atoms with Crippen LogP contribution < -0.4 is 0 Å². The molecule has 0 saturated heterocycles. The first kappa shape index (κ1) is 23.6. The topological polar surface area (TPSA) is 66.8 Å². The van der Waals surface area contributed by atoms with Gasteiger partial charge < -0.3 is 9.94 Å². The largest absolute Gasteiger partial charge is 0.478 e. The first-order chi connectivity index (χ1) is 12.0. The lowest BCUT2D eigenvalue weighted by molar-refractivity contribution is -0.223. The molecular weight excluding hydrogens is 318 g/mol. The molecule has 0 aromatic rings. The second-order valence-corrected chi connectivity index (χ2v) is 6.72. The number of hydrogen-bond donors (Lipinski definition) is 1. The molecule has 0 atom stereocenters. The van der Waals surface area contributed by atoms with E-state index in [1.54, 1.807) is 0 Å². The molecule has 0 spiro atoms. The number of carboxylic acid groups (broad SMARTS) is 1. The SMILES string of the molecule is CCCCN(OC(=O)/C=C/C(=O)O)C(CCC)(CCCC)CCCC.